The molecule has 2 heteroatoms. The highest BCUT2D eigenvalue weighted by atomic mass is 32.1. The van der Waals surface area contributed by atoms with Gasteiger partial charge in [-0.2, -0.15) is 0 Å². The Morgan fingerprint density at radius 1 is 0.875 bits per heavy atom. The highest BCUT2D eigenvalue weighted by Gasteiger charge is 2.21. The van der Waals surface area contributed by atoms with Gasteiger partial charge in [-0.05, 0) is 89.1 Å². The monoisotopic (exact) mass is 637 g/mol. The Balaban J connectivity index is 1.22. The Morgan fingerprint density at radius 3 is 2.50 bits per heavy atom. The van der Waals surface area contributed by atoms with Crippen LogP contribution in [0.2, 0.25) is 0 Å². The number of terminal acetylenes is 1. The molecule has 1 aromatic heterocycles. The van der Waals surface area contributed by atoms with Crippen LogP contribution in [0.3, 0.4) is 0 Å². The molecule has 7 rings (SSSR count). The second-order valence-electron chi connectivity index (χ2n) is 12.3. The fraction of sp³-hybridized carbons (Fsp3) is 0.130. The molecule has 0 spiro atoms. The van der Waals surface area contributed by atoms with E-state index in [1.165, 1.54) is 65.7 Å². The lowest BCUT2D eigenvalue weighted by atomic mass is 9.90. The maximum atomic E-state index is 5.67. The molecule has 1 unspecified atom stereocenters. The van der Waals surface area contributed by atoms with Crippen molar-refractivity contribution < 1.29 is 0 Å². The van der Waals surface area contributed by atoms with Gasteiger partial charge in [0.05, 0.1) is 0 Å². The lowest BCUT2D eigenvalue weighted by molar-refractivity contribution is 0.767. The van der Waals surface area contributed by atoms with Gasteiger partial charge >= 0.3 is 0 Å². The van der Waals surface area contributed by atoms with Crippen molar-refractivity contribution >= 4 is 34.7 Å². The molecule has 48 heavy (non-hydrogen) atoms. The zero-order chi connectivity index (χ0) is 32.7. The molecule has 3 aromatic carbocycles. The topological polar surface area (TPSA) is 3.24 Å². The van der Waals surface area contributed by atoms with Crippen molar-refractivity contribution in [3.63, 3.8) is 0 Å². The van der Waals surface area contributed by atoms with E-state index >= 15 is 0 Å². The van der Waals surface area contributed by atoms with Crippen LogP contribution in [0.5, 0.6) is 0 Å². The lowest BCUT2D eigenvalue weighted by Crippen LogP contribution is -2.23. The predicted octanol–water partition coefficient (Wildman–Crippen LogP) is 12.0. The van der Waals surface area contributed by atoms with Crippen LogP contribution in [0.1, 0.15) is 51.8 Å². The summed E-state index contributed by atoms with van der Waals surface area (Å²) in [5.74, 6) is 2.99. The van der Waals surface area contributed by atoms with E-state index in [1.54, 1.807) is 0 Å². The van der Waals surface area contributed by atoms with Crippen molar-refractivity contribution in [1.29, 1.82) is 0 Å². The smallest absolute Gasteiger partial charge is 0.0481 e. The molecule has 0 fully saturated rings. The van der Waals surface area contributed by atoms with E-state index in [9.17, 15) is 0 Å². The molecule has 0 saturated heterocycles. The van der Waals surface area contributed by atoms with E-state index in [2.05, 4.69) is 163 Å². The number of thiophene rings is 1. The van der Waals surface area contributed by atoms with Gasteiger partial charge in [0.1, 0.15) is 0 Å². The number of anilines is 1. The molecule has 3 aliphatic rings. The molecule has 0 aliphatic heterocycles. The first-order chi connectivity index (χ1) is 23.7. The zero-order valence-corrected chi connectivity index (χ0v) is 28.2. The van der Waals surface area contributed by atoms with Crippen molar-refractivity contribution in [1.82, 2.24) is 0 Å². The maximum Gasteiger partial charge on any atom is 0.0481 e. The van der Waals surface area contributed by atoms with E-state index in [4.69, 9.17) is 6.42 Å². The van der Waals surface area contributed by atoms with E-state index in [0.29, 0.717) is 0 Å². The number of benzene rings is 3. The quantitative estimate of drug-likeness (QED) is 0.137. The second-order valence-corrected chi connectivity index (χ2v) is 13.4. The minimum Gasteiger partial charge on any atom is -0.337 e. The van der Waals surface area contributed by atoms with Crippen molar-refractivity contribution in [3.05, 3.63) is 189 Å². The van der Waals surface area contributed by atoms with E-state index < -0.39 is 0 Å². The maximum absolute atomic E-state index is 5.67. The van der Waals surface area contributed by atoms with Gasteiger partial charge in [-0.15, -0.1) is 17.8 Å². The van der Waals surface area contributed by atoms with Crippen LogP contribution in [0.25, 0.3) is 28.9 Å². The van der Waals surface area contributed by atoms with Crippen LogP contribution in [-0.2, 0) is 13.0 Å². The van der Waals surface area contributed by atoms with E-state index in [0.717, 1.165) is 25.8 Å². The minimum absolute atomic E-state index is 0.267. The number of rotatable bonds is 8. The van der Waals surface area contributed by atoms with Crippen LogP contribution in [0.4, 0.5) is 5.69 Å². The third-order valence-corrected chi connectivity index (χ3v) is 10.4. The normalized spacial score (nSPS) is 16.8. The van der Waals surface area contributed by atoms with Crippen molar-refractivity contribution in [2.24, 2.45) is 5.92 Å². The summed E-state index contributed by atoms with van der Waals surface area (Å²) in [5, 5.41) is 0. The molecule has 0 radical (unpaired) electrons. The van der Waals surface area contributed by atoms with Crippen molar-refractivity contribution in [3.8, 4) is 23.5 Å². The third kappa shape index (κ3) is 6.70. The second kappa shape index (κ2) is 14.6. The zero-order valence-electron chi connectivity index (χ0n) is 27.3. The molecular formula is C46H39NS. The van der Waals surface area contributed by atoms with Crippen LogP contribution < -0.4 is 4.90 Å². The number of allylic oxidation sites excluding steroid dienone is 12. The molecule has 1 heterocycles. The molecule has 0 bridgehead atoms. The molecule has 1 nitrogen and oxygen atoms in total. The third-order valence-electron chi connectivity index (χ3n) is 9.15. The minimum atomic E-state index is 0.267. The SMILES string of the molecule is C#C/C=C(\C=C/C)C1C=CC(N(Cc2cccc(C3=CCC=Cc4c3sc3c4C=CC=CC3)c2)c2ccc(-c3ccccc3)cc2)=CC1. The first-order valence-corrected chi connectivity index (χ1v) is 17.6. The highest BCUT2D eigenvalue weighted by molar-refractivity contribution is 7.13. The molecule has 4 aromatic rings. The summed E-state index contributed by atoms with van der Waals surface area (Å²) in [6.45, 7) is 2.80. The van der Waals surface area contributed by atoms with Gasteiger partial charge in [-0.25, -0.2) is 0 Å². The number of fused-ring (bicyclic) bond motifs is 3. The molecule has 3 aliphatic carbocycles. The predicted molar refractivity (Wildman–Crippen MR) is 208 cm³/mol. The number of hydrogen-bond donors (Lipinski definition) is 0. The largest absolute Gasteiger partial charge is 0.337 e. The van der Waals surface area contributed by atoms with Crippen LogP contribution >= 0.6 is 11.3 Å². The van der Waals surface area contributed by atoms with Crippen LogP contribution in [0.15, 0.2) is 157 Å². The standard InChI is InChI=1S/C46H39NS/c1-3-14-35(15-4-2)37-24-28-40(29-25-37)47(41-30-26-38(27-31-41)36-17-7-5-8-18-36)33-34-16-13-19-39(32-34)42-20-11-12-22-44-43-21-9-6-10-23-45(43)48-46(42)44/h1,4-10,12-22,24,26-32,37H,11,23,25,33H2,2H3/b15-4-,35-14+. The molecule has 0 amide bonds. The van der Waals surface area contributed by atoms with Gasteiger partial charge in [0.2, 0.25) is 0 Å². The van der Waals surface area contributed by atoms with Gasteiger partial charge in [-0.1, -0.05) is 133 Å². The average molecular weight is 638 g/mol. The summed E-state index contributed by atoms with van der Waals surface area (Å²) in [4.78, 5) is 5.26. The summed E-state index contributed by atoms with van der Waals surface area (Å²) in [5.41, 5.74) is 12.6. The Bertz CT molecular complexity index is 2080. The van der Waals surface area contributed by atoms with E-state index in [-0.39, 0.29) is 5.92 Å². The molecule has 0 N–H and O–H groups in total. The fourth-order valence-electron chi connectivity index (χ4n) is 6.76. The van der Waals surface area contributed by atoms with E-state index in [1.807, 2.05) is 24.3 Å². The Labute approximate surface area is 289 Å². The Kier molecular flexibility index (Phi) is 9.50. The fourth-order valence-corrected chi connectivity index (χ4v) is 8.08. The van der Waals surface area contributed by atoms with Gasteiger partial charge in [-0.3, -0.25) is 0 Å². The summed E-state index contributed by atoms with van der Waals surface area (Å²) in [6.07, 6.45) is 37.4. The van der Waals surface area contributed by atoms with Gasteiger partial charge in [0.15, 0.2) is 0 Å². The first-order valence-electron chi connectivity index (χ1n) is 16.8. The summed E-state index contributed by atoms with van der Waals surface area (Å²) >= 11 is 1.94. The molecular weight excluding hydrogens is 599 g/mol. The summed E-state index contributed by atoms with van der Waals surface area (Å²) in [7, 11) is 0. The summed E-state index contributed by atoms with van der Waals surface area (Å²) in [6, 6.07) is 28.7. The number of hydrogen-bond acceptors (Lipinski definition) is 2. The molecule has 1 atom stereocenters. The first kappa shape index (κ1) is 31.3. The number of nitrogens with zero attached hydrogens (tertiary/aromatic N) is 1. The highest BCUT2D eigenvalue weighted by Crippen LogP contribution is 2.41. The van der Waals surface area contributed by atoms with Crippen LogP contribution in [-0.4, -0.2) is 0 Å². The van der Waals surface area contributed by atoms with Gasteiger partial charge < -0.3 is 4.90 Å². The Hall–Kier alpha value is -5.36. The molecule has 0 saturated carbocycles. The average Bonchev–Trinajstić information content (AvgIpc) is 3.27. The van der Waals surface area contributed by atoms with Gasteiger partial charge in [0, 0.05) is 45.6 Å². The van der Waals surface area contributed by atoms with Crippen molar-refractivity contribution in [2.45, 2.75) is 32.7 Å². The summed E-state index contributed by atoms with van der Waals surface area (Å²) < 4.78 is 0. The molecule has 234 valence electrons. The van der Waals surface area contributed by atoms with Crippen molar-refractivity contribution in [2.75, 3.05) is 4.90 Å². The van der Waals surface area contributed by atoms with Gasteiger partial charge in [0.25, 0.3) is 0 Å². The lowest BCUT2D eigenvalue weighted by Gasteiger charge is -2.29. The van der Waals surface area contributed by atoms with Crippen LogP contribution in [0, 0.1) is 18.3 Å². The Morgan fingerprint density at radius 2 is 1.71 bits per heavy atom.